The number of rotatable bonds is 4. The molecule has 0 radical (unpaired) electrons. The van der Waals surface area contributed by atoms with Crippen LogP contribution in [0.25, 0.3) is 0 Å². The average molecular weight is 252 g/mol. The predicted molar refractivity (Wildman–Crippen MR) is 65.9 cm³/mol. The SMILES string of the molecule is COc1ccc(C(O)Cc2cccs2)cc1F. The van der Waals surface area contributed by atoms with Crippen LogP contribution in [-0.4, -0.2) is 12.2 Å². The Labute approximate surface area is 103 Å². The summed E-state index contributed by atoms with van der Waals surface area (Å²) in [5.41, 5.74) is 0.566. The van der Waals surface area contributed by atoms with E-state index < -0.39 is 11.9 Å². The van der Waals surface area contributed by atoms with E-state index in [2.05, 4.69) is 0 Å². The molecule has 2 nitrogen and oxygen atoms in total. The van der Waals surface area contributed by atoms with Crippen molar-refractivity contribution in [2.75, 3.05) is 7.11 Å². The molecule has 0 fully saturated rings. The molecule has 0 aliphatic rings. The lowest BCUT2D eigenvalue weighted by Gasteiger charge is -2.11. The Hall–Kier alpha value is -1.39. The highest BCUT2D eigenvalue weighted by molar-refractivity contribution is 7.09. The quantitative estimate of drug-likeness (QED) is 0.905. The maximum atomic E-state index is 13.5. The molecule has 0 amide bonds. The molecule has 0 saturated carbocycles. The molecule has 0 spiro atoms. The van der Waals surface area contributed by atoms with E-state index in [9.17, 15) is 9.50 Å². The summed E-state index contributed by atoms with van der Waals surface area (Å²) in [7, 11) is 1.42. The molecule has 1 aromatic heterocycles. The van der Waals surface area contributed by atoms with Crippen LogP contribution in [0.4, 0.5) is 4.39 Å². The topological polar surface area (TPSA) is 29.5 Å². The van der Waals surface area contributed by atoms with Gasteiger partial charge in [0.15, 0.2) is 11.6 Å². The minimum absolute atomic E-state index is 0.192. The van der Waals surface area contributed by atoms with Gasteiger partial charge in [0, 0.05) is 11.3 Å². The predicted octanol–water partition coefficient (Wildman–Crippen LogP) is 3.17. The van der Waals surface area contributed by atoms with Gasteiger partial charge < -0.3 is 9.84 Å². The summed E-state index contributed by atoms with van der Waals surface area (Å²) in [6, 6.07) is 8.41. The first-order valence-corrected chi connectivity index (χ1v) is 6.12. The van der Waals surface area contributed by atoms with Crippen LogP contribution in [0, 0.1) is 5.82 Å². The summed E-state index contributed by atoms with van der Waals surface area (Å²) in [6.45, 7) is 0. The van der Waals surface area contributed by atoms with E-state index in [1.54, 1.807) is 17.4 Å². The lowest BCUT2D eigenvalue weighted by molar-refractivity contribution is 0.179. The van der Waals surface area contributed by atoms with Crippen LogP contribution in [0.1, 0.15) is 16.5 Å². The van der Waals surface area contributed by atoms with E-state index in [1.165, 1.54) is 19.2 Å². The highest BCUT2D eigenvalue weighted by atomic mass is 32.1. The van der Waals surface area contributed by atoms with Crippen molar-refractivity contribution in [1.82, 2.24) is 0 Å². The first-order valence-electron chi connectivity index (χ1n) is 5.24. The zero-order valence-electron chi connectivity index (χ0n) is 9.39. The Morgan fingerprint density at radius 2 is 2.24 bits per heavy atom. The number of benzene rings is 1. The highest BCUT2D eigenvalue weighted by Gasteiger charge is 2.12. The van der Waals surface area contributed by atoms with Crippen LogP contribution in [0.2, 0.25) is 0 Å². The Morgan fingerprint density at radius 1 is 1.41 bits per heavy atom. The molecule has 90 valence electrons. The summed E-state index contributed by atoms with van der Waals surface area (Å²) >= 11 is 1.58. The fourth-order valence-corrected chi connectivity index (χ4v) is 2.37. The van der Waals surface area contributed by atoms with Gasteiger partial charge in [-0.3, -0.25) is 0 Å². The summed E-state index contributed by atoms with van der Waals surface area (Å²) in [4.78, 5) is 1.08. The third-order valence-corrected chi connectivity index (χ3v) is 3.43. The number of aliphatic hydroxyl groups excluding tert-OH is 1. The van der Waals surface area contributed by atoms with E-state index in [1.807, 2.05) is 17.5 Å². The first kappa shape index (κ1) is 12.1. The van der Waals surface area contributed by atoms with Gasteiger partial charge in [-0.05, 0) is 29.1 Å². The van der Waals surface area contributed by atoms with Crippen molar-refractivity contribution >= 4 is 11.3 Å². The number of halogens is 1. The third-order valence-electron chi connectivity index (χ3n) is 2.54. The molecule has 2 rings (SSSR count). The zero-order valence-corrected chi connectivity index (χ0v) is 10.2. The number of thiophene rings is 1. The summed E-state index contributed by atoms with van der Waals surface area (Å²) in [5, 5.41) is 11.9. The molecule has 0 bridgehead atoms. The second kappa shape index (κ2) is 5.29. The van der Waals surface area contributed by atoms with Crippen LogP contribution in [0.5, 0.6) is 5.75 Å². The Kier molecular flexibility index (Phi) is 3.76. The van der Waals surface area contributed by atoms with Gasteiger partial charge >= 0.3 is 0 Å². The lowest BCUT2D eigenvalue weighted by atomic mass is 10.1. The van der Waals surface area contributed by atoms with Gasteiger partial charge in [0.1, 0.15) is 0 Å². The Morgan fingerprint density at radius 3 is 2.82 bits per heavy atom. The van der Waals surface area contributed by atoms with Crippen LogP contribution in [0.3, 0.4) is 0 Å². The van der Waals surface area contributed by atoms with Gasteiger partial charge in [0.2, 0.25) is 0 Å². The Balaban J connectivity index is 2.14. The normalized spacial score (nSPS) is 12.4. The maximum Gasteiger partial charge on any atom is 0.165 e. The van der Waals surface area contributed by atoms with Gasteiger partial charge in [0.05, 0.1) is 13.2 Å². The van der Waals surface area contributed by atoms with Crippen LogP contribution >= 0.6 is 11.3 Å². The summed E-state index contributed by atoms with van der Waals surface area (Å²) in [6.07, 6.45) is -0.183. The van der Waals surface area contributed by atoms with Crippen LogP contribution < -0.4 is 4.74 Å². The molecule has 1 atom stereocenters. The maximum absolute atomic E-state index is 13.5. The third kappa shape index (κ3) is 2.84. The van der Waals surface area contributed by atoms with Crippen molar-refractivity contribution in [2.45, 2.75) is 12.5 Å². The van der Waals surface area contributed by atoms with Crippen molar-refractivity contribution in [3.8, 4) is 5.75 Å². The van der Waals surface area contributed by atoms with Gasteiger partial charge in [-0.15, -0.1) is 11.3 Å². The molecule has 1 heterocycles. The molecule has 4 heteroatoms. The lowest BCUT2D eigenvalue weighted by Crippen LogP contribution is -2.01. The van der Waals surface area contributed by atoms with E-state index >= 15 is 0 Å². The van der Waals surface area contributed by atoms with Gasteiger partial charge in [-0.25, -0.2) is 4.39 Å². The van der Waals surface area contributed by atoms with Gasteiger partial charge in [0.25, 0.3) is 0 Å². The number of aliphatic hydroxyl groups is 1. The molecule has 1 N–H and O–H groups in total. The fraction of sp³-hybridized carbons (Fsp3) is 0.231. The minimum Gasteiger partial charge on any atom is -0.494 e. The van der Waals surface area contributed by atoms with E-state index in [0.717, 1.165) is 4.88 Å². The molecule has 0 aliphatic heterocycles. The first-order chi connectivity index (χ1) is 8.20. The molecular weight excluding hydrogens is 239 g/mol. The highest BCUT2D eigenvalue weighted by Crippen LogP contribution is 2.25. The largest absolute Gasteiger partial charge is 0.494 e. The van der Waals surface area contributed by atoms with E-state index in [0.29, 0.717) is 12.0 Å². The number of ether oxygens (including phenoxy) is 1. The van der Waals surface area contributed by atoms with Gasteiger partial charge in [-0.2, -0.15) is 0 Å². The molecule has 17 heavy (non-hydrogen) atoms. The number of hydrogen-bond donors (Lipinski definition) is 1. The van der Waals surface area contributed by atoms with Crippen molar-refractivity contribution in [3.05, 3.63) is 52.0 Å². The standard InChI is InChI=1S/C13H13FO2S/c1-16-13-5-4-9(7-11(13)14)12(15)8-10-3-2-6-17-10/h2-7,12,15H,8H2,1H3. The molecule has 0 aliphatic carbocycles. The molecule has 1 unspecified atom stereocenters. The number of methoxy groups -OCH3 is 1. The minimum atomic E-state index is -0.686. The fourth-order valence-electron chi connectivity index (χ4n) is 1.63. The number of hydrogen-bond acceptors (Lipinski definition) is 3. The van der Waals surface area contributed by atoms with Crippen molar-refractivity contribution in [2.24, 2.45) is 0 Å². The van der Waals surface area contributed by atoms with Crippen LogP contribution in [0.15, 0.2) is 35.7 Å². The van der Waals surface area contributed by atoms with Crippen molar-refractivity contribution in [1.29, 1.82) is 0 Å². The van der Waals surface area contributed by atoms with Gasteiger partial charge in [-0.1, -0.05) is 12.1 Å². The molecular formula is C13H13FO2S. The van der Waals surface area contributed by atoms with E-state index in [4.69, 9.17) is 4.74 Å². The van der Waals surface area contributed by atoms with E-state index in [-0.39, 0.29) is 5.75 Å². The molecule has 1 aromatic carbocycles. The Bertz CT molecular complexity index is 482. The second-order valence-electron chi connectivity index (χ2n) is 3.69. The zero-order chi connectivity index (χ0) is 12.3. The summed E-state index contributed by atoms with van der Waals surface area (Å²) < 4.78 is 18.3. The average Bonchev–Trinajstić information content (AvgIpc) is 2.81. The molecule has 0 saturated heterocycles. The van der Waals surface area contributed by atoms with Crippen molar-refractivity contribution < 1.29 is 14.2 Å². The smallest absolute Gasteiger partial charge is 0.165 e. The second-order valence-corrected chi connectivity index (χ2v) is 4.73. The molecule has 2 aromatic rings. The monoisotopic (exact) mass is 252 g/mol. The van der Waals surface area contributed by atoms with Crippen LogP contribution in [-0.2, 0) is 6.42 Å². The van der Waals surface area contributed by atoms with Crippen molar-refractivity contribution in [3.63, 3.8) is 0 Å². The summed E-state index contributed by atoms with van der Waals surface area (Å²) in [5.74, 6) is -0.257.